The minimum atomic E-state index is -1.15. The predicted molar refractivity (Wildman–Crippen MR) is 96.6 cm³/mol. The topological polar surface area (TPSA) is 105 Å². The lowest BCUT2D eigenvalue weighted by Gasteiger charge is -2.32. The maximum Gasteiger partial charge on any atom is 0.331 e. The molecule has 148 valence electrons. The zero-order chi connectivity index (χ0) is 20.5. The minimum absolute atomic E-state index is 0.388. The molecule has 1 aromatic carbocycles. The number of carbonyl (C=O) groups is 4. The zero-order valence-corrected chi connectivity index (χ0v) is 15.4. The average molecular weight is 388 g/mol. The molecule has 0 saturated heterocycles. The highest BCUT2D eigenvalue weighted by atomic mass is 16.6. The largest absolute Gasteiger partial charge is 0.458 e. The van der Waals surface area contributed by atoms with E-state index in [0.29, 0.717) is 0 Å². The van der Waals surface area contributed by atoms with Gasteiger partial charge in [-0.15, -0.1) is 0 Å². The van der Waals surface area contributed by atoms with Gasteiger partial charge in [-0.1, -0.05) is 30.3 Å². The lowest BCUT2D eigenvalue weighted by atomic mass is 10.1. The second-order valence-corrected chi connectivity index (χ2v) is 5.86. The molecule has 0 amide bonds. The normalized spacial score (nSPS) is 19.6. The Morgan fingerprint density at radius 3 is 2.50 bits per heavy atom. The summed E-state index contributed by atoms with van der Waals surface area (Å²) in [5.41, 5.74) is 0.803. The molecule has 0 saturated carbocycles. The fourth-order valence-corrected chi connectivity index (χ4v) is 2.46. The molecule has 0 bridgehead atoms. The summed E-state index contributed by atoms with van der Waals surface area (Å²) in [5, 5.41) is 0. The first-order valence-corrected chi connectivity index (χ1v) is 8.48. The standard InChI is InChI=1S/C20H20O8/c1-13(21)26-16-9-11-19(24)28-20(16)17(27-14(2)22)12-25-18(23)10-8-15-6-4-3-5-7-15/h3-11,16-17,20H,12H2,1-2H3/b10-8+/t16-,17-,20+/m1/s1. The zero-order valence-electron chi connectivity index (χ0n) is 15.4. The van der Waals surface area contributed by atoms with Crippen molar-refractivity contribution in [2.45, 2.75) is 32.2 Å². The van der Waals surface area contributed by atoms with E-state index in [4.69, 9.17) is 18.9 Å². The van der Waals surface area contributed by atoms with E-state index in [9.17, 15) is 19.2 Å². The summed E-state index contributed by atoms with van der Waals surface area (Å²) in [7, 11) is 0. The van der Waals surface area contributed by atoms with Crippen molar-refractivity contribution in [1.82, 2.24) is 0 Å². The van der Waals surface area contributed by atoms with Crippen LogP contribution in [0.2, 0.25) is 0 Å². The Bertz CT molecular complexity index is 781. The highest BCUT2D eigenvalue weighted by molar-refractivity contribution is 5.87. The third kappa shape index (κ3) is 6.71. The summed E-state index contributed by atoms with van der Waals surface area (Å²) in [6.07, 6.45) is 1.94. The first-order chi connectivity index (χ1) is 13.3. The van der Waals surface area contributed by atoms with E-state index in [1.165, 1.54) is 19.1 Å². The van der Waals surface area contributed by atoms with Crippen LogP contribution in [0.4, 0.5) is 0 Å². The number of hydrogen-bond donors (Lipinski definition) is 0. The molecule has 0 aliphatic carbocycles. The number of carbonyl (C=O) groups excluding carboxylic acids is 4. The van der Waals surface area contributed by atoms with E-state index < -0.39 is 42.2 Å². The minimum Gasteiger partial charge on any atom is -0.458 e. The van der Waals surface area contributed by atoms with Gasteiger partial charge in [0.15, 0.2) is 18.3 Å². The van der Waals surface area contributed by atoms with Gasteiger partial charge in [-0.25, -0.2) is 9.59 Å². The Morgan fingerprint density at radius 2 is 1.86 bits per heavy atom. The third-order valence-corrected chi connectivity index (χ3v) is 3.59. The summed E-state index contributed by atoms with van der Waals surface area (Å²) >= 11 is 0. The molecule has 0 N–H and O–H groups in total. The highest BCUT2D eigenvalue weighted by Gasteiger charge is 2.39. The molecule has 0 spiro atoms. The van der Waals surface area contributed by atoms with Crippen molar-refractivity contribution in [3.05, 3.63) is 54.1 Å². The van der Waals surface area contributed by atoms with Gasteiger partial charge in [0.05, 0.1) is 0 Å². The third-order valence-electron chi connectivity index (χ3n) is 3.59. The second kappa shape index (κ2) is 10.1. The van der Waals surface area contributed by atoms with Crippen LogP contribution in [0.15, 0.2) is 48.6 Å². The second-order valence-electron chi connectivity index (χ2n) is 5.86. The van der Waals surface area contributed by atoms with Crippen LogP contribution < -0.4 is 0 Å². The first-order valence-electron chi connectivity index (χ1n) is 8.48. The molecule has 0 unspecified atom stereocenters. The predicted octanol–water partition coefficient (Wildman–Crippen LogP) is 1.59. The van der Waals surface area contributed by atoms with Crippen molar-refractivity contribution < 1.29 is 38.1 Å². The van der Waals surface area contributed by atoms with E-state index in [2.05, 4.69) is 0 Å². The fourth-order valence-electron chi connectivity index (χ4n) is 2.46. The van der Waals surface area contributed by atoms with E-state index >= 15 is 0 Å². The summed E-state index contributed by atoms with van der Waals surface area (Å²) in [6, 6.07) is 9.11. The fraction of sp³-hybridized carbons (Fsp3) is 0.300. The summed E-state index contributed by atoms with van der Waals surface area (Å²) in [4.78, 5) is 46.2. The number of benzene rings is 1. The van der Waals surface area contributed by atoms with E-state index in [1.807, 2.05) is 30.3 Å². The molecule has 1 aliphatic heterocycles. The number of cyclic esters (lactones) is 1. The number of esters is 4. The molecule has 0 fully saturated rings. The number of rotatable bonds is 7. The number of hydrogen-bond acceptors (Lipinski definition) is 8. The Balaban J connectivity index is 2.05. The monoisotopic (exact) mass is 388 g/mol. The van der Waals surface area contributed by atoms with Crippen molar-refractivity contribution in [2.24, 2.45) is 0 Å². The quantitative estimate of drug-likeness (QED) is 0.394. The van der Waals surface area contributed by atoms with Crippen LogP contribution in [0.1, 0.15) is 19.4 Å². The first kappa shape index (κ1) is 20.9. The van der Waals surface area contributed by atoms with Crippen LogP contribution in [-0.2, 0) is 38.1 Å². The van der Waals surface area contributed by atoms with Gasteiger partial charge in [0, 0.05) is 26.0 Å². The maximum absolute atomic E-state index is 12.0. The lowest BCUT2D eigenvalue weighted by molar-refractivity contribution is -0.185. The van der Waals surface area contributed by atoms with Gasteiger partial charge >= 0.3 is 23.9 Å². The van der Waals surface area contributed by atoms with Gasteiger partial charge in [0.2, 0.25) is 0 Å². The van der Waals surface area contributed by atoms with Gasteiger partial charge in [-0.05, 0) is 17.7 Å². The molecule has 8 heteroatoms. The number of ether oxygens (including phenoxy) is 4. The Kier molecular flexibility index (Phi) is 7.50. The smallest absolute Gasteiger partial charge is 0.331 e. The average Bonchev–Trinajstić information content (AvgIpc) is 2.65. The molecule has 1 heterocycles. The van der Waals surface area contributed by atoms with Gasteiger partial charge in [0.1, 0.15) is 6.61 Å². The molecular weight excluding hydrogens is 368 g/mol. The van der Waals surface area contributed by atoms with E-state index in [1.54, 1.807) is 6.08 Å². The summed E-state index contributed by atoms with van der Waals surface area (Å²) < 4.78 is 20.4. The molecule has 28 heavy (non-hydrogen) atoms. The van der Waals surface area contributed by atoms with Crippen LogP contribution in [0.3, 0.4) is 0 Å². The van der Waals surface area contributed by atoms with Crippen LogP contribution in [0.25, 0.3) is 6.08 Å². The van der Waals surface area contributed by atoms with Crippen molar-refractivity contribution in [3.63, 3.8) is 0 Å². The Labute approximate surface area is 161 Å². The van der Waals surface area contributed by atoms with Gasteiger partial charge < -0.3 is 18.9 Å². The van der Waals surface area contributed by atoms with Gasteiger partial charge in [-0.3, -0.25) is 9.59 Å². The molecule has 2 rings (SSSR count). The highest BCUT2D eigenvalue weighted by Crippen LogP contribution is 2.19. The molecule has 3 atom stereocenters. The maximum atomic E-state index is 12.0. The van der Waals surface area contributed by atoms with E-state index in [0.717, 1.165) is 18.6 Å². The Hall–Kier alpha value is -3.42. The van der Waals surface area contributed by atoms with Crippen LogP contribution in [0.5, 0.6) is 0 Å². The molecular formula is C20H20O8. The van der Waals surface area contributed by atoms with E-state index in [-0.39, 0.29) is 6.61 Å². The molecule has 1 aliphatic rings. The molecule has 1 aromatic rings. The van der Waals surface area contributed by atoms with Crippen molar-refractivity contribution >= 4 is 30.0 Å². The van der Waals surface area contributed by atoms with Gasteiger partial charge in [-0.2, -0.15) is 0 Å². The van der Waals surface area contributed by atoms with Crippen molar-refractivity contribution in [2.75, 3.05) is 6.61 Å². The molecule has 0 aromatic heterocycles. The van der Waals surface area contributed by atoms with Gasteiger partial charge in [0.25, 0.3) is 0 Å². The lowest BCUT2D eigenvalue weighted by Crippen LogP contribution is -2.48. The molecule has 0 radical (unpaired) electrons. The van der Waals surface area contributed by atoms with Crippen molar-refractivity contribution in [1.29, 1.82) is 0 Å². The Morgan fingerprint density at radius 1 is 1.14 bits per heavy atom. The van der Waals surface area contributed by atoms with Crippen LogP contribution in [-0.4, -0.2) is 48.8 Å². The summed E-state index contributed by atoms with van der Waals surface area (Å²) in [6.45, 7) is 1.96. The van der Waals surface area contributed by atoms with Crippen molar-refractivity contribution in [3.8, 4) is 0 Å². The summed E-state index contributed by atoms with van der Waals surface area (Å²) in [5.74, 6) is -2.65. The van der Waals surface area contributed by atoms with Crippen LogP contribution >= 0.6 is 0 Å². The van der Waals surface area contributed by atoms with Crippen LogP contribution in [0, 0.1) is 0 Å². The SMILES string of the molecule is CC(=O)O[C@@H]1C=CC(=O)O[C@@H]1[C@@H](COC(=O)/C=C/c1ccccc1)OC(C)=O. The molecule has 8 nitrogen and oxygen atoms in total.